The lowest BCUT2D eigenvalue weighted by molar-refractivity contribution is 0.627. The van der Waals surface area contributed by atoms with Crippen LogP contribution in [0.5, 0.6) is 0 Å². The molecule has 5 aromatic carbocycles. The Hall–Kier alpha value is -5.90. The Morgan fingerprint density at radius 3 is 1.82 bits per heavy atom. The third-order valence-corrected chi connectivity index (χ3v) is 7.26. The summed E-state index contributed by atoms with van der Waals surface area (Å²) in [4.78, 5) is 0. The number of aromatic nitrogens is 2. The molecule has 0 aliphatic carbocycles. The molecular formula is C33H16FN5. The zero-order valence-corrected chi connectivity index (χ0v) is 20.4. The summed E-state index contributed by atoms with van der Waals surface area (Å²) in [5, 5.41) is 33.6. The summed E-state index contributed by atoms with van der Waals surface area (Å²) in [6.07, 6.45) is 0. The molecule has 0 aliphatic rings. The molecular weight excluding hydrogens is 485 g/mol. The van der Waals surface area contributed by atoms with Gasteiger partial charge in [0, 0.05) is 27.2 Å². The Morgan fingerprint density at radius 1 is 0.564 bits per heavy atom. The molecule has 5 nitrogen and oxygen atoms in total. The van der Waals surface area contributed by atoms with Crippen molar-refractivity contribution < 1.29 is 4.39 Å². The highest BCUT2D eigenvalue weighted by Gasteiger charge is 2.23. The predicted octanol–water partition coefficient (Wildman–Crippen LogP) is 7.63. The summed E-state index contributed by atoms with van der Waals surface area (Å²) in [5.41, 5.74) is 5.57. The Labute approximate surface area is 222 Å². The van der Waals surface area contributed by atoms with Crippen LogP contribution in [0.15, 0.2) is 97.1 Å². The highest BCUT2D eigenvalue weighted by molar-refractivity contribution is 6.26. The van der Waals surface area contributed by atoms with Gasteiger partial charge in [-0.25, -0.2) is 4.39 Å². The number of rotatable bonds is 2. The molecule has 0 N–H and O–H groups in total. The lowest BCUT2D eigenvalue weighted by atomic mass is 10.0. The second-order valence-electron chi connectivity index (χ2n) is 9.29. The number of nitriles is 3. The van der Waals surface area contributed by atoms with Crippen molar-refractivity contribution in [2.75, 3.05) is 0 Å². The largest absolute Gasteiger partial charge is 0.309 e. The Balaban J connectivity index is 1.74. The zero-order chi connectivity index (χ0) is 26.7. The Morgan fingerprint density at radius 2 is 1.18 bits per heavy atom. The molecule has 0 saturated carbocycles. The van der Waals surface area contributed by atoms with Gasteiger partial charge in [-0.1, -0.05) is 42.5 Å². The van der Waals surface area contributed by atoms with Crippen LogP contribution in [0.4, 0.5) is 4.39 Å². The second-order valence-corrected chi connectivity index (χ2v) is 9.29. The smallest absolute Gasteiger partial charge is 0.123 e. The van der Waals surface area contributed by atoms with Crippen LogP contribution in [0, 0.1) is 39.8 Å². The minimum absolute atomic E-state index is 0.243. The molecule has 6 heteroatoms. The van der Waals surface area contributed by atoms with Crippen molar-refractivity contribution in [2.45, 2.75) is 0 Å². The van der Waals surface area contributed by atoms with Crippen LogP contribution >= 0.6 is 0 Å². The molecule has 0 bridgehead atoms. The van der Waals surface area contributed by atoms with Crippen LogP contribution in [0.1, 0.15) is 16.7 Å². The minimum Gasteiger partial charge on any atom is -0.309 e. The first-order valence-electron chi connectivity index (χ1n) is 12.2. The van der Waals surface area contributed by atoms with Gasteiger partial charge in [0.15, 0.2) is 0 Å². The molecule has 0 fully saturated rings. The van der Waals surface area contributed by atoms with E-state index >= 15 is 0 Å². The van der Waals surface area contributed by atoms with Crippen LogP contribution in [0.2, 0.25) is 0 Å². The van der Waals surface area contributed by atoms with E-state index in [4.69, 9.17) is 0 Å². The Kier molecular flexibility index (Phi) is 4.76. The second kappa shape index (κ2) is 8.32. The predicted molar refractivity (Wildman–Crippen MR) is 149 cm³/mol. The standard InChI is InChI=1S/C33H16FN5/c34-23-9-11-24(12-10-23)38-28-7-3-1-5-25(28)26-13-14-30-31(33(26)38)27-6-2-4-8-29(27)39(30)32-21(18-36)15-20(17-35)16-22(32)19-37/h1-16H. The monoisotopic (exact) mass is 501 g/mol. The molecule has 0 aliphatic heterocycles. The van der Waals surface area contributed by atoms with Crippen molar-refractivity contribution in [2.24, 2.45) is 0 Å². The van der Waals surface area contributed by atoms with E-state index in [-0.39, 0.29) is 22.5 Å². The third kappa shape index (κ3) is 3.08. The third-order valence-electron chi connectivity index (χ3n) is 7.26. The molecule has 2 heterocycles. The number of halogens is 1. The van der Waals surface area contributed by atoms with E-state index in [1.54, 1.807) is 12.1 Å². The SMILES string of the molecule is N#Cc1cc(C#N)c(-n2c3ccccc3c3c2ccc2c4ccccc4n(-c4ccc(F)cc4)c23)c(C#N)c1. The summed E-state index contributed by atoms with van der Waals surface area (Å²) >= 11 is 0. The molecule has 0 amide bonds. The van der Waals surface area contributed by atoms with Crippen LogP contribution in [0.3, 0.4) is 0 Å². The van der Waals surface area contributed by atoms with E-state index < -0.39 is 0 Å². The number of nitrogens with zero attached hydrogens (tertiary/aromatic N) is 5. The molecule has 0 unspecified atom stereocenters. The lowest BCUT2D eigenvalue weighted by Crippen LogP contribution is -2.02. The van der Waals surface area contributed by atoms with Crippen molar-refractivity contribution in [1.29, 1.82) is 15.8 Å². The highest BCUT2D eigenvalue weighted by atomic mass is 19.1. The molecule has 7 rings (SSSR count). The highest BCUT2D eigenvalue weighted by Crippen LogP contribution is 2.42. The summed E-state index contributed by atoms with van der Waals surface area (Å²) in [5.74, 6) is -0.310. The molecule has 39 heavy (non-hydrogen) atoms. The maximum absolute atomic E-state index is 13.9. The van der Waals surface area contributed by atoms with Gasteiger partial charge in [-0.3, -0.25) is 0 Å². The summed E-state index contributed by atoms with van der Waals surface area (Å²) in [6.45, 7) is 0. The van der Waals surface area contributed by atoms with Gasteiger partial charge in [0.2, 0.25) is 0 Å². The van der Waals surface area contributed by atoms with Crippen molar-refractivity contribution in [3.8, 4) is 29.6 Å². The van der Waals surface area contributed by atoms with Gasteiger partial charge in [-0.2, -0.15) is 15.8 Å². The maximum atomic E-state index is 13.9. The first-order chi connectivity index (χ1) is 19.1. The molecule has 180 valence electrons. The summed E-state index contributed by atoms with van der Waals surface area (Å²) < 4.78 is 18.0. The fourth-order valence-electron chi connectivity index (χ4n) is 5.72. The quantitative estimate of drug-likeness (QED) is 0.244. The van der Waals surface area contributed by atoms with Gasteiger partial charge in [-0.05, 0) is 54.6 Å². The van der Waals surface area contributed by atoms with Crippen molar-refractivity contribution in [3.63, 3.8) is 0 Å². The van der Waals surface area contributed by atoms with Crippen LogP contribution in [-0.2, 0) is 0 Å². The van der Waals surface area contributed by atoms with Gasteiger partial charge in [0.1, 0.15) is 18.0 Å². The first-order valence-corrected chi connectivity index (χ1v) is 12.2. The molecule has 7 aromatic rings. The number of hydrogen-bond acceptors (Lipinski definition) is 3. The van der Waals surface area contributed by atoms with Crippen LogP contribution in [-0.4, -0.2) is 9.13 Å². The fourth-order valence-corrected chi connectivity index (χ4v) is 5.72. The van der Waals surface area contributed by atoms with E-state index in [1.165, 1.54) is 24.3 Å². The van der Waals surface area contributed by atoms with Gasteiger partial charge in [-0.15, -0.1) is 0 Å². The van der Waals surface area contributed by atoms with Crippen LogP contribution < -0.4 is 0 Å². The van der Waals surface area contributed by atoms with E-state index in [0.29, 0.717) is 5.69 Å². The normalized spacial score (nSPS) is 11.1. The van der Waals surface area contributed by atoms with Gasteiger partial charge >= 0.3 is 0 Å². The molecule has 2 aromatic heterocycles. The minimum atomic E-state index is -0.310. The maximum Gasteiger partial charge on any atom is 0.123 e. The summed E-state index contributed by atoms with van der Waals surface area (Å²) in [7, 11) is 0. The summed E-state index contributed by atoms with van der Waals surface area (Å²) in [6, 6.07) is 36.0. The average Bonchev–Trinajstić information content (AvgIpc) is 3.49. The van der Waals surface area contributed by atoms with Gasteiger partial charge in [0.05, 0.1) is 50.5 Å². The molecule has 0 radical (unpaired) electrons. The van der Waals surface area contributed by atoms with Crippen molar-refractivity contribution >= 4 is 43.6 Å². The van der Waals surface area contributed by atoms with Crippen molar-refractivity contribution in [3.05, 3.63) is 120 Å². The molecule has 0 spiro atoms. The number of hydrogen-bond donors (Lipinski definition) is 0. The number of benzene rings is 5. The average molecular weight is 502 g/mol. The van der Waals surface area contributed by atoms with E-state index in [0.717, 1.165) is 49.3 Å². The number of para-hydroxylation sites is 2. The zero-order valence-electron chi connectivity index (χ0n) is 20.4. The van der Waals surface area contributed by atoms with E-state index in [2.05, 4.69) is 34.9 Å². The number of fused-ring (bicyclic) bond motifs is 7. The Bertz CT molecular complexity index is 2230. The van der Waals surface area contributed by atoms with Crippen LogP contribution in [0.25, 0.3) is 55.0 Å². The van der Waals surface area contributed by atoms with E-state index in [9.17, 15) is 20.2 Å². The first kappa shape index (κ1) is 22.3. The topological polar surface area (TPSA) is 81.2 Å². The molecule has 0 atom stereocenters. The van der Waals surface area contributed by atoms with Gasteiger partial charge in [0.25, 0.3) is 0 Å². The fraction of sp³-hybridized carbons (Fsp3) is 0. The van der Waals surface area contributed by atoms with E-state index in [1.807, 2.05) is 53.1 Å². The van der Waals surface area contributed by atoms with Gasteiger partial charge < -0.3 is 9.13 Å². The lowest BCUT2D eigenvalue weighted by Gasteiger charge is -2.13. The molecule has 0 saturated heterocycles. The van der Waals surface area contributed by atoms with Crippen molar-refractivity contribution in [1.82, 2.24) is 9.13 Å².